The van der Waals surface area contributed by atoms with E-state index in [0.29, 0.717) is 6.42 Å². The summed E-state index contributed by atoms with van der Waals surface area (Å²) in [5.74, 6) is -0.197. The Morgan fingerprint density at radius 3 is 2.25 bits per heavy atom. The number of nitrogens with two attached hydrogens (primary N) is 1. The molecule has 0 amide bonds. The van der Waals surface area contributed by atoms with Crippen LogP contribution in [0.15, 0.2) is 36.4 Å². The summed E-state index contributed by atoms with van der Waals surface area (Å²) in [6.07, 6.45) is 1.53. The van der Waals surface area contributed by atoms with Crippen LogP contribution in [0.25, 0.3) is 0 Å². The molecule has 0 aromatic heterocycles. The minimum absolute atomic E-state index is 0.0110. The first-order valence-electron chi connectivity index (χ1n) is 7.02. The van der Waals surface area contributed by atoms with Crippen LogP contribution in [-0.4, -0.2) is 6.04 Å². The molecule has 20 heavy (non-hydrogen) atoms. The summed E-state index contributed by atoms with van der Waals surface area (Å²) >= 11 is 0. The largest absolute Gasteiger partial charge is 0.327 e. The Morgan fingerprint density at radius 2 is 1.65 bits per heavy atom. The fourth-order valence-electron chi connectivity index (χ4n) is 2.83. The Hall–Kier alpha value is -1.67. The second-order valence-corrected chi connectivity index (χ2v) is 5.68. The quantitative estimate of drug-likeness (QED) is 0.897. The van der Waals surface area contributed by atoms with Gasteiger partial charge in [0.1, 0.15) is 5.82 Å². The molecule has 0 radical (unpaired) electrons. The van der Waals surface area contributed by atoms with Crippen molar-refractivity contribution < 1.29 is 4.39 Å². The third-order valence-corrected chi connectivity index (χ3v) is 3.69. The van der Waals surface area contributed by atoms with E-state index < -0.39 is 0 Å². The van der Waals surface area contributed by atoms with Crippen molar-refractivity contribution in [1.29, 1.82) is 0 Å². The minimum Gasteiger partial charge on any atom is -0.327 e. The number of benzene rings is 2. The maximum atomic E-state index is 13.2. The van der Waals surface area contributed by atoms with E-state index in [1.165, 1.54) is 28.3 Å². The summed E-state index contributed by atoms with van der Waals surface area (Å²) in [5.41, 5.74) is 12.4. The molecule has 0 spiro atoms. The van der Waals surface area contributed by atoms with Gasteiger partial charge in [0.25, 0.3) is 0 Å². The molecular weight excluding hydrogens is 249 g/mol. The van der Waals surface area contributed by atoms with E-state index in [2.05, 4.69) is 32.9 Å². The van der Waals surface area contributed by atoms with Crippen molar-refractivity contribution in [2.75, 3.05) is 0 Å². The van der Waals surface area contributed by atoms with Gasteiger partial charge in [0.05, 0.1) is 0 Å². The fraction of sp³-hybridized carbons (Fsp3) is 0.333. The second kappa shape index (κ2) is 6.19. The molecule has 2 heteroatoms. The lowest BCUT2D eigenvalue weighted by Crippen LogP contribution is -2.26. The van der Waals surface area contributed by atoms with E-state index >= 15 is 0 Å². The molecule has 1 unspecified atom stereocenters. The van der Waals surface area contributed by atoms with Gasteiger partial charge in [-0.3, -0.25) is 0 Å². The first kappa shape index (κ1) is 14.7. The van der Waals surface area contributed by atoms with Crippen molar-refractivity contribution in [3.63, 3.8) is 0 Å². The molecule has 2 aromatic carbocycles. The Labute approximate surface area is 120 Å². The lowest BCUT2D eigenvalue weighted by molar-refractivity contribution is 0.617. The molecule has 0 aliphatic rings. The van der Waals surface area contributed by atoms with Crippen molar-refractivity contribution >= 4 is 0 Å². The first-order valence-corrected chi connectivity index (χ1v) is 7.02. The van der Waals surface area contributed by atoms with E-state index in [9.17, 15) is 4.39 Å². The molecule has 106 valence electrons. The molecule has 0 heterocycles. The van der Waals surface area contributed by atoms with E-state index in [4.69, 9.17) is 5.73 Å². The van der Waals surface area contributed by atoms with E-state index in [1.807, 2.05) is 6.07 Å². The van der Waals surface area contributed by atoms with Crippen molar-refractivity contribution in [2.24, 2.45) is 5.73 Å². The molecular formula is C18H22FN. The van der Waals surface area contributed by atoms with Crippen LogP contribution in [0.4, 0.5) is 4.39 Å². The predicted octanol–water partition coefficient (Wildman–Crippen LogP) is 3.86. The molecule has 0 saturated carbocycles. The van der Waals surface area contributed by atoms with Gasteiger partial charge in [-0.2, -0.15) is 0 Å². The number of hydrogen-bond donors (Lipinski definition) is 1. The van der Waals surface area contributed by atoms with Crippen LogP contribution in [0, 0.1) is 26.6 Å². The summed E-state index contributed by atoms with van der Waals surface area (Å²) in [7, 11) is 0. The molecule has 2 rings (SSSR count). The highest BCUT2D eigenvalue weighted by Crippen LogP contribution is 2.19. The topological polar surface area (TPSA) is 26.0 Å². The van der Waals surface area contributed by atoms with Crippen molar-refractivity contribution in [3.8, 4) is 0 Å². The highest BCUT2D eigenvalue weighted by atomic mass is 19.1. The highest BCUT2D eigenvalue weighted by Gasteiger charge is 2.10. The van der Waals surface area contributed by atoms with Crippen LogP contribution in [0.5, 0.6) is 0 Å². The Bertz CT molecular complexity index is 581. The zero-order valence-electron chi connectivity index (χ0n) is 12.4. The second-order valence-electron chi connectivity index (χ2n) is 5.68. The predicted molar refractivity (Wildman–Crippen MR) is 82.4 cm³/mol. The average molecular weight is 271 g/mol. The molecule has 0 aliphatic heterocycles. The SMILES string of the molecule is Cc1cc(C)c(CC(N)Cc2cccc(F)c2)c(C)c1. The van der Waals surface area contributed by atoms with Crippen LogP contribution < -0.4 is 5.73 Å². The number of hydrogen-bond acceptors (Lipinski definition) is 1. The van der Waals surface area contributed by atoms with Gasteiger partial charge < -0.3 is 5.73 Å². The number of rotatable bonds is 4. The summed E-state index contributed by atoms with van der Waals surface area (Å²) in [4.78, 5) is 0. The Kier molecular flexibility index (Phi) is 4.56. The molecule has 2 aromatic rings. The molecule has 2 N–H and O–H groups in total. The smallest absolute Gasteiger partial charge is 0.123 e. The van der Waals surface area contributed by atoms with Crippen molar-refractivity contribution in [3.05, 3.63) is 70.0 Å². The zero-order chi connectivity index (χ0) is 14.7. The molecule has 0 bridgehead atoms. The highest BCUT2D eigenvalue weighted by molar-refractivity contribution is 5.38. The van der Waals surface area contributed by atoms with Crippen LogP contribution in [0.2, 0.25) is 0 Å². The van der Waals surface area contributed by atoms with E-state index in [-0.39, 0.29) is 11.9 Å². The summed E-state index contributed by atoms with van der Waals surface area (Å²) in [6.45, 7) is 6.37. The van der Waals surface area contributed by atoms with E-state index in [1.54, 1.807) is 12.1 Å². The van der Waals surface area contributed by atoms with Crippen LogP contribution >= 0.6 is 0 Å². The fourth-order valence-corrected chi connectivity index (χ4v) is 2.83. The molecule has 0 saturated heterocycles. The van der Waals surface area contributed by atoms with Gasteiger partial charge in [-0.15, -0.1) is 0 Å². The van der Waals surface area contributed by atoms with Crippen molar-refractivity contribution in [1.82, 2.24) is 0 Å². The molecule has 1 atom stereocenters. The zero-order valence-corrected chi connectivity index (χ0v) is 12.4. The summed E-state index contributed by atoms with van der Waals surface area (Å²) in [5, 5.41) is 0. The molecule has 0 fully saturated rings. The normalized spacial score (nSPS) is 12.4. The monoisotopic (exact) mass is 271 g/mol. The van der Waals surface area contributed by atoms with Gasteiger partial charge in [-0.05, 0) is 68.0 Å². The summed E-state index contributed by atoms with van der Waals surface area (Å²) < 4.78 is 13.2. The van der Waals surface area contributed by atoms with Gasteiger partial charge in [0.2, 0.25) is 0 Å². The van der Waals surface area contributed by atoms with E-state index in [0.717, 1.165) is 12.0 Å². The number of aryl methyl sites for hydroxylation is 3. The maximum absolute atomic E-state index is 13.2. The average Bonchev–Trinajstić information content (AvgIpc) is 2.33. The maximum Gasteiger partial charge on any atom is 0.123 e. The van der Waals surface area contributed by atoms with Gasteiger partial charge in [-0.25, -0.2) is 4.39 Å². The standard InChI is InChI=1S/C18H22FN/c1-12-7-13(2)18(14(3)8-12)11-17(20)10-15-5-4-6-16(19)9-15/h4-9,17H,10-11,20H2,1-3H3. The van der Waals surface area contributed by atoms with Gasteiger partial charge in [0, 0.05) is 6.04 Å². The Morgan fingerprint density at radius 1 is 1.00 bits per heavy atom. The first-order chi connectivity index (χ1) is 9.45. The van der Waals surface area contributed by atoms with Crippen LogP contribution in [0.3, 0.4) is 0 Å². The lowest BCUT2D eigenvalue weighted by Gasteiger charge is -2.16. The Balaban J connectivity index is 2.10. The number of halogens is 1. The third kappa shape index (κ3) is 3.67. The molecule has 1 nitrogen and oxygen atoms in total. The van der Waals surface area contributed by atoms with Gasteiger partial charge in [-0.1, -0.05) is 29.8 Å². The van der Waals surface area contributed by atoms with Gasteiger partial charge in [0.15, 0.2) is 0 Å². The van der Waals surface area contributed by atoms with Crippen LogP contribution in [0.1, 0.15) is 27.8 Å². The van der Waals surface area contributed by atoms with Crippen LogP contribution in [-0.2, 0) is 12.8 Å². The lowest BCUT2D eigenvalue weighted by atomic mass is 9.92. The minimum atomic E-state index is -0.197. The third-order valence-electron chi connectivity index (χ3n) is 3.69. The van der Waals surface area contributed by atoms with Gasteiger partial charge >= 0.3 is 0 Å². The van der Waals surface area contributed by atoms with Crippen molar-refractivity contribution in [2.45, 2.75) is 39.7 Å². The summed E-state index contributed by atoms with van der Waals surface area (Å²) in [6, 6.07) is 11.1. The molecule has 0 aliphatic carbocycles.